The topological polar surface area (TPSA) is 57.6 Å². The van der Waals surface area contributed by atoms with E-state index in [1.165, 1.54) is 6.26 Å². The first-order valence-corrected chi connectivity index (χ1v) is 8.00. The van der Waals surface area contributed by atoms with Crippen molar-refractivity contribution < 1.29 is 13.5 Å². The van der Waals surface area contributed by atoms with E-state index in [1.54, 1.807) is 0 Å². The van der Waals surface area contributed by atoms with Crippen LogP contribution in [0.1, 0.15) is 25.7 Å². The monoisotopic (exact) mass is 247 g/mol. The molecule has 4 nitrogen and oxygen atoms in total. The Morgan fingerprint density at radius 2 is 2.00 bits per heavy atom. The van der Waals surface area contributed by atoms with Crippen molar-refractivity contribution in [3.8, 4) is 0 Å². The molecule has 0 aromatic carbocycles. The fraction of sp³-hybridized carbons (Fsp3) is 1.00. The van der Waals surface area contributed by atoms with Gasteiger partial charge in [-0.2, -0.15) is 0 Å². The molecule has 16 heavy (non-hydrogen) atoms. The van der Waals surface area contributed by atoms with Crippen LogP contribution in [0, 0.1) is 5.92 Å². The second kappa shape index (κ2) is 4.63. The van der Waals surface area contributed by atoms with Gasteiger partial charge in [-0.25, -0.2) is 8.42 Å². The predicted molar refractivity (Wildman–Crippen MR) is 63.0 cm³/mol. The molecule has 1 saturated heterocycles. The molecule has 0 spiro atoms. The van der Waals surface area contributed by atoms with E-state index in [0.29, 0.717) is 12.0 Å². The maximum Gasteiger partial charge on any atom is 0.150 e. The summed E-state index contributed by atoms with van der Waals surface area (Å²) >= 11 is 0. The molecule has 1 aliphatic heterocycles. The minimum absolute atomic E-state index is 0.139. The fourth-order valence-electron chi connectivity index (χ4n) is 2.86. The molecule has 94 valence electrons. The van der Waals surface area contributed by atoms with Crippen LogP contribution in [0.25, 0.3) is 0 Å². The molecule has 0 radical (unpaired) electrons. The van der Waals surface area contributed by atoms with E-state index in [1.807, 2.05) is 0 Å². The van der Waals surface area contributed by atoms with Crippen molar-refractivity contribution in [1.29, 1.82) is 0 Å². The molecule has 0 amide bonds. The van der Waals surface area contributed by atoms with Gasteiger partial charge in [0.2, 0.25) is 0 Å². The average molecular weight is 247 g/mol. The number of hydrogen-bond donors (Lipinski definition) is 1. The standard InChI is InChI=1S/C11H21NO3S/c1-16(14,15)11-4-2-3-10(5-11)12-6-9(7-12)8-13/h9-11,13H,2-8H2,1H3. The number of likely N-dealkylation sites (tertiary alicyclic amines) is 1. The van der Waals surface area contributed by atoms with Gasteiger partial charge in [0, 0.05) is 37.9 Å². The Balaban J connectivity index is 1.88. The van der Waals surface area contributed by atoms with Gasteiger partial charge in [-0.1, -0.05) is 6.42 Å². The van der Waals surface area contributed by atoms with Crippen molar-refractivity contribution in [2.24, 2.45) is 5.92 Å². The Bertz CT molecular complexity index is 335. The maximum atomic E-state index is 11.5. The van der Waals surface area contributed by atoms with Crippen LogP contribution in [0.15, 0.2) is 0 Å². The van der Waals surface area contributed by atoms with Crippen LogP contribution in [0.5, 0.6) is 0 Å². The van der Waals surface area contributed by atoms with E-state index >= 15 is 0 Å². The molecule has 1 saturated carbocycles. The summed E-state index contributed by atoms with van der Waals surface area (Å²) in [4.78, 5) is 2.33. The summed E-state index contributed by atoms with van der Waals surface area (Å²) in [6.07, 6.45) is 5.10. The van der Waals surface area contributed by atoms with Gasteiger partial charge in [0.15, 0.2) is 0 Å². The Morgan fingerprint density at radius 1 is 1.31 bits per heavy atom. The van der Waals surface area contributed by atoms with Crippen LogP contribution < -0.4 is 0 Å². The summed E-state index contributed by atoms with van der Waals surface area (Å²) in [5.41, 5.74) is 0. The van der Waals surface area contributed by atoms with Crippen LogP contribution in [-0.4, -0.2) is 55.7 Å². The fourth-order valence-corrected chi connectivity index (χ4v) is 4.03. The third-order valence-electron chi connectivity index (χ3n) is 3.96. The number of aliphatic hydroxyl groups excluding tert-OH is 1. The van der Waals surface area contributed by atoms with Gasteiger partial charge in [-0.05, 0) is 19.3 Å². The molecule has 2 unspecified atom stereocenters. The minimum atomic E-state index is -2.87. The van der Waals surface area contributed by atoms with E-state index in [0.717, 1.165) is 38.8 Å². The lowest BCUT2D eigenvalue weighted by Crippen LogP contribution is -2.55. The highest BCUT2D eigenvalue weighted by Gasteiger charge is 2.36. The van der Waals surface area contributed by atoms with Crippen molar-refractivity contribution in [2.45, 2.75) is 37.0 Å². The van der Waals surface area contributed by atoms with E-state index < -0.39 is 9.84 Å². The van der Waals surface area contributed by atoms with E-state index in [2.05, 4.69) is 4.90 Å². The molecule has 0 bridgehead atoms. The molecule has 0 aromatic rings. The third kappa shape index (κ3) is 2.57. The number of nitrogens with zero attached hydrogens (tertiary/aromatic N) is 1. The molecule has 2 aliphatic rings. The van der Waals surface area contributed by atoms with Crippen LogP contribution in [0.2, 0.25) is 0 Å². The summed E-state index contributed by atoms with van der Waals surface area (Å²) in [5.74, 6) is 0.415. The van der Waals surface area contributed by atoms with Gasteiger partial charge in [0.05, 0.1) is 5.25 Å². The molecule has 2 fully saturated rings. The third-order valence-corrected chi connectivity index (χ3v) is 5.60. The number of aliphatic hydroxyl groups is 1. The molecule has 5 heteroatoms. The zero-order valence-corrected chi connectivity index (χ0v) is 10.6. The number of sulfone groups is 1. The first-order valence-electron chi connectivity index (χ1n) is 6.04. The van der Waals surface area contributed by atoms with Crippen molar-refractivity contribution in [1.82, 2.24) is 4.90 Å². The molecule has 2 rings (SSSR count). The van der Waals surface area contributed by atoms with Gasteiger partial charge in [-0.3, -0.25) is 4.90 Å². The van der Waals surface area contributed by atoms with Crippen molar-refractivity contribution in [2.75, 3.05) is 26.0 Å². The highest BCUT2D eigenvalue weighted by molar-refractivity contribution is 7.91. The van der Waals surface area contributed by atoms with Gasteiger partial charge in [0.25, 0.3) is 0 Å². The minimum Gasteiger partial charge on any atom is -0.396 e. The lowest BCUT2D eigenvalue weighted by atomic mass is 9.89. The Kier molecular flexibility index (Phi) is 3.56. The normalized spacial score (nSPS) is 33.6. The van der Waals surface area contributed by atoms with Gasteiger partial charge >= 0.3 is 0 Å². The van der Waals surface area contributed by atoms with Crippen molar-refractivity contribution in [3.05, 3.63) is 0 Å². The molecular formula is C11H21NO3S. The maximum absolute atomic E-state index is 11.5. The van der Waals surface area contributed by atoms with Crippen LogP contribution in [0.4, 0.5) is 0 Å². The highest BCUT2D eigenvalue weighted by Crippen LogP contribution is 2.31. The zero-order chi connectivity index (χ0) is 11.8. The van der Waals surface area contributed by atoms with Gasteiger partial charge in [-0.15, -0.1) is 0 Å². The van der Waals surface area contributed by atoms with Crippen molar-refractivity contribution in [3.63, 3.8) is 0 Å². The Hall–Kier alpha value is -0.130. The molecule has 0 aromatic heterocycles. The quantitative estimate of drug-likeness (QED) is 0.777. The Labute approximate surface area is 97.6 Å². The van der Waals surface area contributed by atoms with Crippen LogP contribution >= 0.6 is 0 Å². The lowest BCUT2D eigenvalue weighted by molar-refractivity contribution is 0.00781. The highest BCUT2D eigenvalue weighted by atomic mass is 32.2. The lowest BCUT2D eigenvalue weighted by Gasteiger charge is -2.46. The molecule has 1 aliphatic carbocycles. The second-order valence-corrected chi connectivity index (χ2v) is 7.60. The molecule has 2 atom stereocenters. The SMILES string of the molecule is CS(=O)(=O)C1CCCC(N2CC(CO)C2)C1. The summed E-state index contributed by atoms with van der Waals surface area (Å²) in [7, 11) is -2.87. The second-order valence-electron chi connectivity index (χ2n) is 5.27. The van der Waals surface area contributed by atoms with E-state index in [-0.39, 0.29) is 11.9 Å². The van der Waals surface area contributed by atoms with Crippen LogP contribution in [-0.2, 0) is 9.84 Å². The number of hydrogen-bond acceptors (Lipinski definition) is 4. The van der Waals surface area contributed by atoms with E-state index in [4.69, 9.17) is 5.11 Å². The smallest absolute Gasteiger partial charge is 0.150 e. The van der Waals surface area contributed by atoms with Crippen molar-refractivity contribution >= 4 is 9.84 Å². The van der Waals surface area contributed by atoms with Crippen LogP contribution in [0.3, 0.4) is 0 Å². The molecule has 1 N–H and O–H groups in total. The number of rotatable bonds is 3. The summed E-state index contributed by atoms with van der Waals surface area (Å²) in [6.45, 7) is 2.15. The summed E-state index contributed by atoms with van der Waals surface area (Å²) in [6, 6.07) is 0.427. The predicted octanol–water partition coefficient (Wildman–Crippen LogP) is 0.266. The average Bonchev–Trinajstić information content (AvgIpc) is 2.15. The molecular weight excluding hydrogens is 226 g/mol. The summed E-state index contributed by atoms with van der Waals surface area (Å²) < 4.78 is 23.0. The Morgan fingerprint density at radius 3 is 2.56 bits per heavy atom. The first kappa shape index (κ1) is 12.3. The summed E-state index contributed by atoms with van der Waals surface area (Å²) in [5, 5.41) is 8.82. The van der Waals surface area contributed by atoms with Gasteiger partial charge in [0.1, 0.15) is 9.84 Å². The van der Waals surface area contributed by atoms with Gasteiger partial charge < -0.3 is 5.11 Å². The zero-order valence-electron chi connectivity index (χ0n) is 9.80. The first-order chi connectivity index (χ1) is 7.50. The van der Waals surface area contributed by atoms with E-state index in [9.17, 15) is 8.42 Å². The largest absolute Gasteiger partial charge is 0.396 e. The molecule has 1 heterocycles.